The van der Waals surface area contributed by atoms with Crippen molar-refractivity contribution in [2.45, 2.75) is 29.9 Å². The van der Waals surface area contributed by atoms with Crippen LogP contribution in [0.25, 0.3) is 5.82 Å². The summed E-state index contributed by atoms with van der Waals surface area (Å²) in [6.45, 7) is 4.05. The van der Waals surface area contributed by atoms with E-state index in [1.54, 1.807) is 28.8 Å². The van der Waals surface area contributed by atoms with Gasteiger partial charge in [-0.2, -0.15) is 5.10 Å². The summed E-state index contributed by atoms with van der Waals surface area (Å²) in [5.74, 6) is 1.31. The van der Waals surface area contributed by atoms with Gasteiger partial charge in [-0.3, -0.25) is 10.1 Å². The van der Waals surface area contributed by atoms with Crippen molar-refractivity contribution in [1.82, 2.24) is 25.0 Å². The summed E-state index contributed by atoms with van der Waals surface area (Å²) in [4.78, 5) is 17.3. The molecule has 152 valence electrons. The zero-order valence-electron chi connectivity index (χ0n) is 16.5. The zero-order chi connectivity index (χ0) is 20.9. The first-order valence-corrected chi connectivity index (χ1v) is 11.2. The van der Waals surface area contributed by atoms with Gasteiger partial charge in [0.05, 0.1) is 17.5 Å². The van der Waals surface area contributed by atoms with Crippen molar-refractivity contribution in [3.8, 4) is 5.82 Å². The summed E-state index contributed by atoms with van der Waals surface area (Å²) in [5, 5.41) is 16.0. The van der Waals surface area contributed by atoms with Crippen LogP contribution < -0.4 is 5.32 Å². The lowest BCUT2D eigenvalue weighted by Crippen LogP contribution is -2.15. The van der Waals surface area contributed by atoms with Crippen molar-refractivity contribution in [3.63, 3.8) is 0 Å². The Morgan fingerprint density at radius 1 is 1.13 bits per heavy atom. The Kier molecular flexibility index (Phi) is 6.20. The first-order chi connectivity index (χ1) is 14.6. The van der Waals surface area contributed by atoms with E-state index in [-0.39, 0.29) is 11.8 Å². The van der Waals surface area contributed by atoms with Crippen molar-refractivity contribution < 1.29 is 4.79 Å². The Labute approximate surface area is 182 Å². The van der Waals surface area contributed by atoms with Crippen LogP contribution in [0.5, 0.6) is 0 Å². The summed E-state index contributed by atoms with van der Waals surface area (Å²) in [7, 11) is 0. The number of nitrogens with zero attached hydrogens (tertiary/aromatic N) is 5. The van der Waals surface area contributed by atoms with Crippen molar-refractivity contribution >= 4 is 34.1 Å². The summed E-state index contributed by atoms with van der Waals surface area (Å²) in [6, 6.07) is 15.8. The number of aromatic nitrogens is 5. The fourth-order valence-corrected chi connectivity index (χ4v) is 4.66. The van der Waals surface area contributed by atoms with Crippen LogP contribution in [0, 0.1) is 0 Å². The van der Waals surface area contributed by atoms with E-state index in [2.05, 4.69) is 37.7 Å². The standard InChI is InChI=1S/C21H20N6OS2/c1-14(2)18-16(12-23-27(18)17-10-6-7-11-22-17)19(28)24-20-25-26-21(30-20)29-13-15-8-4-3-5-9-15/h3-12,14H,13H2,1-2H3,(H,24,25,28). The average Bonchev–Trinajstić information content (AvgIpc) is 3.41. The highest BCUT2D eigenvalue weighted by molar-refractivity contribution is 8.00. The molecular formula is C21H20N6OS2. The van der Waals surface area contributed by atoms with Crippen molar-refractivity contribution in [2.24, 2.45) is 0 Å². The number of nitrogens with one attached hydrogen (secondary N) is 1. The first kappa shape index (κ1) is 20.2. The molecule has 30 heavy (non-hydrogen) atoms. The molecule has 0 saturated heterocycles. The van der Waals surface area contributed by atoms with E-state index in [4.69, 9.17) is 0 Å². The molecule has 0 radical (unpaired) electrons. The van der Waals surface area contributed by atoms with Crippen LogP contribution in [0.4, 0.5) is 5.13 Å². The third-order valence-corrected chi connectivity index (χ3v) is 6.34. The Morgan fingerprint density at radius 2 is 1.93 bits per heavy atom. The van der Waals surface area contributed by atoms with Gasteiger partial charge in [0, 0.05) is 11.9 Å². The number of amides is 1. The van der Waals surface area contributed by atoms with Gasteiger partial charge in [0.15, 0.2) is 10.2 Å². The largest absolute Gasteiger partial charge is 0.296 e. The molecule has 0 aliphatic carbocycles. The first-order valence-electron chi connectivity index (χ1n) is 9.42. The molecule has 0 unspecified atom stereocenters. The Hall–Kier alpha value is -3.04. The fourth-order valence-electron chi connectivity index (χ4n) is 2.95. The second kappa shape index (κ2) is 9.19. The highest BCUT2D eigenvalue weighted by atomic mass is 32.2. The van der Waals surface area contributed by atoms with E-state index in [1.165, 1.54) is 16.9 Å². The highest BCUT2D eigenvalue weighted by Gasteiger charge is 2.22. The van der Waals surface area contributed by atoms with Gasteiger partial charge in [0.1, 0.15) is 0 Å². The lowest BCUT2D eigenvalue weighted by Gasteiger charge is -2.11. The minimum Gasteiger partial charge on any atom is -0.296 e. The van der Waals surface area contributed by atoms with Crippen molar-refractivity contribution in [2.75, 3.05) is 5.32 Å². The average molecular weight is 437 g/mol. The number of thioether (sulfide) groups is 1. The van der Waals surface area contributed by atoms with Gasteiger partial charge in [-0.05, 0) is 23.6 Å². The molecule has 0 aliphatic rings. The number of hydrogen-bond acceptors (Lipinski definition) is 7. The number of carbonyl (C=O) groups is 1. The molecule has 4 aromatic rings. The SMILES string of the molecule is CC(C)c1c(C(=O)Nc2nnc(SCc3ccccc3)s2)cnn1-c1ccccn1. The minimum atomic E-state index is -0.253. The second-order valence-corrected chi connectivity index (χ2v) is 9.00. The molecule has 1 aromatic carbocycles. The van der Waals surface area contributed by atoms with Crippen LogP contribution >= 0.6 is 23.1 Å². The molecule has 3 aromatic heterocycles. The molecule has 1 N–H and O–H groups in total. The normalized spacial score (nSPS) is 11.0. The number of carbonyl (C=O) groups excluding carboxylic acids is 1. The molecule has 0 atom stereocenters. The topological polar surface area (TPSA) is 85.6 Å². The van der Waals surface area contributed by atoms with Crippen LogP contribution in [0.2, 0.25) is 0 Å². The summed E-state index contributed by atoms with van der Waals surface area (Å²) < 4.78 is 2.52. The van der Waals surface area contributed by atoms with E-state index in [0.29, 0.717) is 16.5 Å². The van der Waals surface area contributed by atoms with Gasteiger partial charge in [-0.15, -0.1) is 10.2 Å². The predicted octanol–water partition coefficient (Wildman–Crippen LogP) is 4.79. The maximum Gasteiger partial charge on any atom is 0.260 e. The van der Waals surface area contributed by atoms with E-state index in [0.717, 1.165) is 15.8 Å². The Bertz CT molecular complexity index is 1120. The fraction of sp³-hybridized carbons (Fsp3) is 0.190. The Morgan fingerprint density at radius 3 is 2.67 bits per heavy atom. The maximum absolute atomic E-state index is 12.9. The summed E-state index contributed by atoms with van der Waals surface area (Å²) >= 11 is 2.96. The molecule has 0 saturated carbocycles. The van der Waals surface area contributed by atoms with Gasteiger partial charge in [-0.25, -0.2) is 9.67 Å². The molecule has 0 fully saturated rings. The molecule has 9 heteroatoms. The molecular weight excluding hydrogens is 416 g/mol. The lowest BCUT2D eigenvalue weighted by molar-refractivity contribution is 0.102. The quantitative estimate of drug-likeness (QED) is 0.331. The third kappa shape index (κ3) is 4.58. The van der Waals surface area contributed by atoms with E-state index in [9.17, 15) is 4.79 Å². The van der Waals surface area contributed by atoms with E-state index in [1.807, 2.05) is 50.2 Å². The van der Waals surface area contributed by atoms with Crippen LogP contribution in [-0.4, -0.2) is 30.9 Å². The van der Waals surface area contributed by atoms with E-state index < -0.39 is 0 Å². The zero-order valence-corrected chi connectivity index (χ0v) is 18.2. The molecule has 0 aliphatic heterocycles. The van der Waals surface area contributed by atoms with Crippen molar-refractivity contribution in [3.05, 3.63) is 77.7 Å². The van der Waals surface area contributed by atoms with Crippen molar-refractivity contribution in [1.29, 1.82) is 0 Å². The summed E-state index contributed by atoms with van der Waals surface area (Å²) in [6.07, 6.45) is 3.28. The highest BCUT2D eigenvalue weighted by Crippen LogP contribution is 2.29. The number of pyridine rings is 1. The third-order valence-electron chi connectivity index (χ3n) is 4.30. The number of rotatable bonds is 7. The van der Waals surface area contributed by atoms with Crippen LogP contribution in [0.15, 0.2) is 65.3 Å². The van der Waals surface area contributed by atoms with Gasteiger partial charge in [0.2, 0.25) is 5.13 Å². The van der Waals surface area contributed by atoms with Gasteiger partial charge >= 0.3 is 0 Å². The number of hydrogen-bond donors (Lipinski definition) is 1. The second-order valence-electron chi connectivity index (χ2n) is 6.80. The smallest absolute Gasteiger partial charge is 0.260 e. The lowest BCUT2D eigenvalue weighted by atomic mass is 10.1. The van der Waals surface area contributed by atoms with E-state index >= 15 is 0 Å². The van der Waals surface area contributed by atoms with Crippen LogP contribution in [0.3, 0.4) is 0 Å². The molecule has 1 amide bonds. The predicted molar refractivity (Wildman–Crippen MR) is 119 cm³/mol. The molecule has 0 spiro atoms. The monoisotopic (exact) mass is 436 g/mol. The number of anilines is 1. The molecule has 0 bridgehead atoms. The molecule has 3 heterocycles. The van der Waals surface area contributed by atoms with Crippen LogP contribution in [-0.2, 0) is 5.75 Å². The Balaban J connectivity index is 1.48. The van der Waals surface area contributed by atoms with Gasteiger partial charge in [0.25, 0.3) is 5.91 Å². The van der Waals surface area contributed by atoms with Gasteiger partial charge in [-0.1, -0.05) is 73.3 Å². The van der Waals surface area contributed by atoms with Crippen LogP contribution in [0.1, 0.15) is 41.4 Å². The summed E-state index contributed by atoms with van der Waals surface area (Å²) in [5.41, 5.74) is 2.52. The van der Waals surface area contributed by atoms with Gasteiger partial charge < -0.3 is 0 Å². The molecule has 7 nitrogen and oxygen atoms in total. The minimum absolute atomic E-state index is 0.0849. The molecule has 4 rings (SSSR count). The maximum atomic E-state index is 12.9. The number of benzene rings is 1.